The van der Waals surface area contributed by atoms with Crippen LogP contribution in [-0.4, -0.2) is 4.57 Å². The first-order valence-corrected chi connectivity index (χ1v) is 11.4. The third-order valence-electron chi connectivity index (χ3n) is 6.56. The number of imidazole rings is 1. The van der Waals surface area contributed by atoms with Crippen LogP contribution >= 0.6 is 0 Å². The van der Waals surface area contributed by atoms with Gasteiger partial charge in [0.25, 0.3) is 5.82 Å². The van der Waals surface area contributed by atoms with Crippen molar-refractivity contribution in [1.29, 1.82) is 0 Å². The molecule has 4 rings (SSSR count). The predicted octanol–water partition coefficient (Wildman–Crippen LogP) is 7.15. The SMILES string of the molecule is C=C1C=C(C)C=C(C)C1c1n(-c2c(C)cc(C)cc2C)cc[n+]1-c1c(C)cc(C)cc1C. The Balaban J connectivity index is 2.07. The molecular weight excluding hydrogens is 388 g/mol. The van der Waals surface area contributed by atoms with Gasteiger partial charge in [-0.3, -0.25) is 0 Å². The van der Waals surface area contributed by atoms with Gasteiger partial charge in [0.1, 0.15) is 29.7 Å². The number of aromatic nitrogens is 2. The number of rotatable bonds is 3. The molecule has 0 N–H and O–H groups in total. The van der Waals surface area contributed by atoms with Crippen molar-refractivity contribution in [3.63, 3.8) is 0 Å². The van der Waals surface area contributed by atoms with Crippen LogP contribution in [0.25, 0.3) is 11.4 Å². The molecule has 2 nitrogen and oxygen atoms in total. The van der Waals surface area contributed by atoms with Crippen LogP contribution in [0.2, 0.25) is 0 Å². The van der Waals surface area contributed by atoms with Crippen LogP contribution in [-0.2, 0) is 0 Å². The zero-order valence-corrected chi connectivity index (χ0v) is 20.8. The number of nitrogens with zero attached hydrogens (tertiary/aromatic N) is 2. The molecule has 0 aliphatic heterocycles. The van der Waals surface area contributed by atoms with Gasteiger partial charge in [0.15, 0.2) is 0 Å². The maximum atomic E-state index is 4.50. The van der Waals surface area contributed by atoms with E-state index in [1.807, 2.05) is 0 Å². The topological polar surface area (TPSA) is 8.81 Å². The van der Waals surface area contributed by atoms with Gasteiger partial charge >= 0.3 is 0 Å². The molecule has 1 aromatic heterocycles. The predicted molar refractivity (Wildman–Crippen MR) is 135 cm³/mol. The van der Waals surface area contributed by atoms with Crippen molar-refractivity contribution in [2.45, 2.75) is 61.3 Å². The summed E-state index contributed by atoms with van der Waals surface area (Å²) in [5, 5.41) is 0. The van der Waals surface area contributed by atoms with Gasteiger partial charge in [0, 0.05) is 0 Å². The number of allylic oxidation sites excluding steroid dienone is 5. The molecule has 0 fully saturated rings. The molecule has 3 aromatic rings. The fraction of sp³-hybridized carbons (Fsp3) is 0.300. The zero-order valence-electron chi connectivity index (χ0n) is 20.8. The Bertz CT molecular complexity index is 1190. The highest BCUT2D eigenvalue weighted by atomic mass is 15.2. The van der Waals surface area contributed by atoms with E-state index in [2.05, 4.69) is 120 Å². The second-order valence-corrected chi connectivity index (χ2v) is 9.68. The number of benzene rings is 2. The maximum Gasteiger partial charge on any atom is 0.278 e. The average Bonchev–Trinajstić information content (AvgIpc) is 3.03. The Morgan fingerprint density at radius 2 is 1.28 bits per heavy atom. The van der Waals surface area contributed by atoms with Crippen molar-refractivity contribution < 1.29 is 4.57 Å². The fourth-order valence-electron chi connectivity index (χ4n) is 5.69. The van der Waals surface area contributed by atoms with Crippen molar-refractivity contribution in [3.8, 4) is 11.4 Å². The van der Waals surface area contributed by atoms with Gasteiger partial charge < -0.3 is 0 Å². The van der Waals surface area contributed by atoms with Crippen LogP contribution in [0.1, 0.15) is 59.0 Å². The number of aryl methyl sites for hydroxylation is 6. The van der Waals surface area contributed by atoms with Gasteiger partial charge in [-0.1, -0.05) is 65.3 Å². The summed E-state index contributed by atoms with van der Waals surface area (Å²) in [6.45, 7) is 22.1. The Hall–Kier alpha value is -3.13. The van der Waals surface area contributed by atoms with Gasteiger partial charge in [-0.15, -0.1) is 0 Å². The first-order valence-electron chi connectivity index (χ1n) is 11.4. The summed E-state index contributed by atoms with van der Waals surface area (Å²) in [7, 11) is 0. The monoisotopic (exact) mass is 423 g/mol. The first-order chi connectivity index (χ1) is 15.1. The van der Waals surface area contributed by atoms with E-state index >= 15 is 0 Å². The van der Waals surface area contributed by atoms with E-state index in [-0.39, 0.29) is 5.92 Å². The third kappa shape index (κ3) is 3.68. The quantitative estimate of drug-likeness (QED) is 0.396. The maximum absolute atomic E-state index is 4.50. The summed E-state index contributed by atoms with van der Waals surface area (Å²) < 4.78 is 4.79. The molecule has 1 unspecified atom stereocenters. The second kappa shape index (κ2) is 8.09. The summed E-state index contributed by atoms with van der Waals surface area (Å²) in [5.74, 6) is 1.35. The lowest BCUT2D eigenvalue weighted by Crippen LogP contribution is -2.39. The van der Waals surface area contributed by atoms with Gasteiger partial charge in [-0.05, 0) is 83.2 Å². The summed E-state index contributed by atoms with van der Waals surface area (Å²) in [6, 6.07) is 9.12. The third-order valence-corrected chi connectivity index (χ3v) is 6.56. The van der Waals surface area contributed by atoms with Crippen LogP contribution < -0.4 is 4.57 Å². The molecule has 1 heterocycles. The molecule has 0 spiro atoms. The van der Waals surface area contributed by atoms with Crippen molar-refractivity contribution in [2.24, 2.45) is 0 Å². The van der Waals surface area contributed by atoms with Crippen LogP contribution in [0.5, 0.6) is 0 Å². The second-order valence-electron chi connectivity index (χ2n) is 9.68. The molecule has 164 valence electrons. The van der Waals surface area contributed by atoms with E-state index in [0.29, 0.717) is 0 Å². The first kappa shape index (κ1) is 22.1. The van der Waals surface area contributed by atoms with E-state index in [1.54, 1.807) is 0 Å². The van der Waals surface area contributed by atoms with Crippen LogP contribution in [0.4, 0.5) is 0 Å². The van der Waals surface area contributed by atoms with E-state index < -0.39 is 0 Å². The molecule has 2 aromatic carbocycles. The van der Waals surface area contributed by atoms with E-state index in [9.17, 15) is 0 Å². The molecule has 0 saturated carbocycles. The normalized spacial score (nSPS) is 16.2. The smallest absolute Gasteiger partial charge is 0.198 e. The lowest BCUT2D eigenvalue weighted by molar-refractivity contribution is -0.605. The standard InChI is InChI=1S/C30H35N2/c1-18-12-21(4)27(22(5)13-18)30-31(28-23(6)14-19(2)15-24(28)7)10-11-32(30)29-25(8)16-20(3)17-26(29)9/h10-17,27H,4H2,1-3,5-9H3/q+1. The lowest BCUT2D eigenvalue weighted by atomic mass is 9.85. The highest BCUT2D eigenvalue weighted by Crippen LogP contribution is 2.37. The average molecular weight is 424 g/mol. The minimum atomic E-state index is 0.119. The molecule has 0 amide bonds. The molecule has 0 radical (unpaired) electrons. The van der Waals surface area contributed by atoms with Gasteiger partial charge in [-0.25, -0.2) is 0 Å². The molecule has 1 atom stereocenters. The summed E-state index contributed by atoms with van der Waals surface area (Å²) in [5.41, 5.74) is 14.0. The highest BCUT2D eigenvalue weighted by molar-refractivity contribution is 5.53. The summed E-state index contributed by atoms with van der Waals surface area (Å²) >= 11 is 0. The van der Waals surface area contributed by atoms with E-state index in [4.69, 9.17) is 0 Å². The molecule has 1 aliphatic carbocycles. The van der Waals surface area contributed by atoms with Gasteiger partial charge in [-0.2, -0.15) is 9.13 Å². The minimum absolute atomic E-state index is 0.119. The van der Waals surface area contributed by atoms with Gasteiger partial charge in [0.05, 0.1) is 0 Å². The molecule has 0 bridgehead atoms. The molecule has 2 heteroatoms. The fourth-order valence-corrected chi connectivity index (χ4v) is 5.69. The van der Waals surface area contributed by atoms with Crippen molar-refractivity contribution in [3.05, 3.63) is 111 Å². The van der Waals surface area contributed by atoms with Crippen LogP contribution in [0.3, 0.4) is 0 Å². The highest BCUT2D eigenvalue weighted by Gasteiger charge is 2.35. The summed E-state index contributed by atoms with van der Waals surface area (Å²) in [6.07, 6.45) is 8.97. The molecule has 1 aliphatic rings. The molecular formula is C30H35N2+. The van der Waals surface area contributed by atoms with Crippen molar-refractivity contribution >= 4 is 0 Å². The Morgan fingerprint density at radius 1 is 0.750 bits per heavy atom. The summed E-state index contributed by atoms with van der Waals surface area (Å²) in [4.78, 5) is 0. The number of hydrogen-bond donors (Lipinski definition) is 0. The Morgan fingerprint density at radius 3 is 1.81 bits per heavy atom. The molecule has 0 saturated heterocycles. The lowest BCUT2D eigenvalue weighted by Gasteiger charge is -2.23. The van der Waals surface area contributed by atoms with Crippen molar-refractivity contribution in [1.82, 2.24) is 4.57 Å². The van der Waals surface area contributed by atoms with E-state index in [0.717, 1.165) is 5.57 Å². The zero-order chi connectivity index (χ0) is 23.3. The van der Waals surface area contributed by atoms with Crippen LogP contribution in [0, 0.1) is 41.5 Å². The largest absolute Gasteiger partial charge is 0.278 e. The van der Waals surface area contributed by atoms with E-state index in [1.165, 1.54) is 61.7 Å². The Labute approximate surface area is 193 Å². The molecule has 32 heavy (non-hydrogen) atoms. The minimum Gasteiger partial charge on any atom is -0.198 e. The van der Waals surface area contributed by atoms with Gasteiger partial charge in [0.2, 0.25) is 0 Å². The van der Waals surface area contributed by atoms with Crippen LogP contribution in [0.15, 0.2) is 72.1 Å². The Kier molecular flexibility index (Phi) is 5.58. The van der Waals surface area contributed by atoms with Crippen molar-refractivity contribution in [2.75, 3.05) is 0 Å². The number of hydrogen-bond acceptors (Lipinski definition) is 0.